The van der Waals surface area contributed by atoms with Gasteiger partial charge in [0.25, 0.3) is 0 Å². The van der Waals surface area contributed by atoms with Gasteiger partial charge in [0.05, 0.1) is 6.61 Å². The highest BCUT2D eigenvalue weighted by Gasteiger charge is 2.33. The van der Waals surface area contributed by atoms with E-state index in [2.05, 4.69) is 43.0 Å². The van der Waals surface area contributed by atoms with Crippen molar-refractivity contribution in [2.45, 2.75) is 46.0 Å². The summed E-state index contributed by atoms with van der Waals surface area (Å²) in [7, 11) is 0. The lowest BCUT2D eigenvalue weighted by atomic mass is 9.74. The molecule has 0 unspecified atom stereocenters. The quantitative estimate of drug-likeness (QED) is 0.872. The lowest BCUT2D eigenvalue weighted by Crippen LogP contribution is -2.41. The van der Waals surface area contributed by atoms with Gasteiger partial charge in [-0.1, -0.05) is 37.0 Å². The summed E-state index contributed by atoms with van der Waals surface area (Å²) in [6.45, 7) is 6.65. The lowest BCUT2D eigenvalue weighted by molar-refractivity contribution is 0.0882. The van der Waals surface area contributed by atoms with Crippen LogP contribution in [0.3, 0.4) is 0 Å². The van der Waals surface area contributed by atoms with Crippen LogP contribution in [0.25, 0.3) is 0 Å². The third-order valence-corrected chi connectivity index (χ3v) is 4.56. The Morgan fingerprint density at radius 3 is 2.26 bits per heavy atom. The second kappa shape index (κ2) is 6.42. The van der Waals surface area contributed by atoms with E-state index in [4.69, 9.17) is 0 Å². The molecular formula is C17H27NO. The van der Waals surface area contributed by atoms with Crippen molar-refractivity contribution in [2.24, 2.45) is 5.41 Å². The van der Waals surface area contributed by atoms with Crippen molar-refractivity contribution in [2.75, 3.05) is 24.6 Å². The first kappa shape index (κ1) is 14.4. The van der Waals surface area contributed by atoms with Crippen molar-refractivity contribution in [1.82, 2.24) is 0 Å². The van der Waals surface area contributed by atoms with E-state index in [0.717, 1.165) is 13.1 Å². The number of benzene rings is 1. The fraction of sp³-hybridized carbons (Fsp3) is 0.647. The van der Waals surface area contributed by atoms with Crippen molar-refractivity contribution in [3.05, 3.63) is 29.8 Å². The largest absolute Gasteiger partial charge is 0.396 e. The van der Waals surface area contributed by atoms with Crippen LogP contribution in [0.2, 0.25) is 0 Å². The molecule has 2 rings (SSSR count). The molecule has 0 heterocycles. The number of hydrogen-bond acceptors (Lipinski definition) is 2. The molecule has 0 amide bonds. The van der Waals surface area contributed by atoms with E-state index >= 15 is 0 Å². The average Bonchev–Trinajstić information content (AvgIpc) is 2.47. The molecule has 1 aliphatic carbocycles. The third kappa shape index (κ3) is 3.50. The maximum atomic E-state index is 9.85. The highest BCUT2D eigenvalue weighted by atomic mass is 16.3. The van der Waals surface area contributed by atoms with E-state index < -0.39 is 0 Å². The second-order valence-electron chi connectivity index (χ2n) is 6.07. The molecule has 0 atom stereocenters. The minimum absolute atomic E-state index is 0.124. The van der Waals surface area contributed by atoms with Gasteiger partial charge in [-0.3, -0.25) is 0 Å². The smallest absolute Gasteiger partial charge is 0.0504 e. The topological polar surface area (TPSA) is 23.5 Å². The zero-order valence-corrected chi connectivity index (χ0v) is 12.4. The molecule has 0 spiro atoms. The van der Waals surface area contributed by atoms with Gasteiger partial charge in [-0.2, -0.15) is 0 Å². The first-order valence-electron chi connectivity index (χ1n) is 7.61. The molecule has 106 valence electrons. The highest BCUT2D eigenvalue weighted by Crippen LogP contribution is 2.37. The molecule has 0 saturated heterocycles. The van der Waals surface area contributed by atoms with Crippen LogP contribution < -0.4 is 4.90 Å². The number of aliphatic hydroxyl groups excluding tert-OH is 1. The summed E-state index contributed by atoms with van der Waals surface area (Å²) in [4.78, 5) is 2.42. The van der Waals surface area contributed by atoms with Gasteiger partial charge in [0.1, 0.15) is 0 Å². The Balaban J connectivity index is 2.11. The number of hydrogen-bond donors (Lipinski definition) is 1. The summed E-state index contributed by atoms with van der Waals surface area (Å²) in [5, 5.41) is 9.85. The molecule has 19 heavy (non-hydrogen) atoms. The Labute approximate surface area is 117 Å². The van der Waals surface area contributed by atoms with Crippen LogP contribution in [0.4, 0.5) is 5.69 Å². The number of aliphatic hydroxyl groups is 1. The summed E-state index contributed by atoms with van der Waals surface area (Å²) in [6.07, 6.45) is 6.22. The van der Waals surface area contributed by atoms with Gasteiger partial charge in [-0.25, -0.2) is 0 Å². The third-order valence-electron chi connectivity index (χ3n) is 4.56. The van der Waals surface area contributed by atoms with Crippen molar-refractivity contribution in [3.8, 4) is 0 Å². The summed E-state index contributed by atoms with van der Waals surface area (Å²) >= 11 is 0. The van der Waals surface area contributed by atoms with Gasteiger partial charge >= 0.3 is 0 Å². The fourth-order valence-corrected chi connectivity index (χ4v) is 3.21. The number of aryl methyl sites for hydroxylation is 1. The summed E-state index contributed by atoms with van der Waals surface area (Å²) in [5.41, 5.74) is 2.71. The average molecular weight is 261 g/mol. The Morgan fingerprint density at radius 2 is 1.74 bits per heavy atom. The van der Waals surface area contributed by atoms with Crippen LogP contribution in [0, 0.1) is 12.3 Å². The summed E-state index contributed by atoms with van der Waals surface area (Å²) < 4.78 is 0. The van der Waals surface area contributed by atoms with Gasteiger partial charge in [-0.15, -0.1) is 0 Å². The molecule has 0 aliphatic heterocycles. The Morgan fingerprint density at radius 1 is 1.11 bits per heavy atom. The zero-order valence-electron chi connectivity index (χ0n) is 12.4. The Bertz CT molecular complexity index is 379. The summed E-state index contributed by atoms with van der Waals surface area (Å²) in [5.74, 6) is 0. The van der Waals surface area contributed by atoms with Gasteiger partial charge in [0.2, 0.25) is 0 Å². The first-order valence-corrected chi connectivity index (χ1v) is 7.61. The van der Waals surface area contributed by atoms with E-state index in [0.29, 0.717) is 6.61 Å². The van der Waals surface area contributed by atoms with Crippen molar-refractivity contribution >= 4 is 5.69 Å². The number of anilines is 1. The molecule has 1 aromatic carbocycles. The zero-order chi connectivity index (χ0) is 13.7. The SMILES string of the molecule is CCN(CC1(CO)CCCCC1)c1ccc(C)cc1. The molecule has 2 nitrogen and oxygen atoms in total. The van der Waals surface area contributed by atoms with E-state index in [9.17, 15) is 5.11 Å². The van der Waals surface area contributed by atoms with Crippen LogP contribution in [-0.4, -0.2) is 24.8 Å². The maximum absolute atomic E-state index is 9.85. The molecule has 1 aromatic rings. The standard InChI is InChI=1S/C17H27NO/c1-3-18(16-9-7-15(2)8-10-16)13-17(14-19)11-5-4-6-12-17/h7-10,19H,3-6,11-14H2,1-2H3. The van der Waals surface area contributed by atoms with Crippen LogP contribution in [0.5, 0.6) is 0 Å². The van der Waals surface area contributed by atoms with Gasteiger partial charge in [-0.05, 0) is 38.8 Å². The van der Waals surface area contributed by atoms with E-state index in [-0.39, 0.29) is 5.41 Å². The molecular weight excluding hydrogens is 234 g/mol. The maximum Gasteiger partial charge on any atom is 0.0504 e. The first-order chi connectivity index (χ1) is 9.19. The van der Waals surface area contributed by atoms with Gasteiger partial charge < -0.3 is 10.0 Å². The lowest BCUT2D eigenvalue weighted by Gasteiger charge is -2.40. The predicted octanol–water partition coefficient (Wildman–Crippen LogP) is 3.76. The second-order valence-corrected chi connectivity index (χ2v) is 6.07. The Kier molecular flexibility index (Phi) is 4.87. The minimum Gasteiger partial charge on any atom is -0.396 e. The monoisotopic (exact) mass is 261 g/mol. The predicted molar refractivity (Wildman–Crippen MR) is 81.7 cm³/mol. The molecule has 1 aliphatic rings. The Hall–Kier alpha value is -1.02. The summed E-state index contributed by atoms with van der Waals surface area (Å²) in [6, 6.07) is 8.74. The van der Waals surface area contributed by atoms with E-state index in [1.54, 1.807) is 0 Å². The van der Waals surface area contributed by atoms with E-state index in [1.165, 1.54) is 43.4 Å². The highest BCUT2D eigenvalue weighted by molar-refractivity contribution is 5.47. The molecule has 1 fully saturated rings. The fourth-order valence-electron chi connectivity index (χ4n) is 3.21. The molecule has 1 saturated carbocycles. The molecule has 2 heteroatoms. The van der Waals surface area contributed by atoms with Crippen molar-refractivity contribution < 1.29 is 5.11 Å². The minimum atomic E-state index is 0.124. The number of nitrogens with zero attached hydrogens (tertiary/aromatic N) is 1. The van der Waals surface area contributed by atoms with Crippen LogP contribution >= 0.6 is 0 Å². The van der Waals surface area contributed by atoms with Crippen molar-refractivity contribution in [3.63, 3.8) is 0 Å². The normalized spacial score (nSPS) is 18.3. The van der Waals surface area contributed by atoms with Crippen LogP contribution in [0.15, 0.2) is 24.3 Å². The number of rotatable bonds is 5. The van der Waals surface area contributed by atoms with Gasteiger partial charge in [0, 0.05) is 24.2 Å². The molecule has 0 radical (unpaired) electrons. The van der Waals surface area contributed by atoms with Gasteiger partial charge in [0.15, 0.2) is 0 Å². The van der Waals surface area contributed by atoms with E-state index in [1.807, 2.05) is 0 Å². The van der Waals surface area contributed by atoms with Crippen LogP contribution in [-0.2, 0) is 0 Å². The van der Waals surface area contributed by atoms with Crippen LogP contribution in [0.1, 0.15) is 44.6 Å². The molecule has 1 N–H and O–H groups in total. The molecule has 0 aromatic heterocycles. The van der Waals surface area contributed by atoms with Crippen molar-refractivity contribution in [1.29, 1.82) is 0 Å². The molecule has 0 bridgehead atoms.